The first kappa shape index (κ1) is 18.0. The molecule has 1 amide bonds. The van der Waals surface area contributed by atoms with Gasteiger partial charge in [-0.2, -0.15) is 0 Å². The van der Waals surface area contributed by atoms with Gasteiger partial charge in [0.15, 0.2) is 5.16 Å². The molecule has 130 valence electrons. The van der Waals surface area contributed by atoms with Crippen LogP contribution in [-0.2, 0) is 18.4 Å². The van der Waals surface area contributed by atoms with E-state index in [2.05, 4.69) is 10.3 Å². The lowest BCUT2D eigenvalue weighted by Gasteiger charge is -2.14. The van der Waals surface area contributed by atoms with Crippen LogP contribution < -0.4 is 10.9 Å². The third kappa shape index (κ3) is 3.89. The van der Waals surface area contributed by atoms with Gasteiger partial charge >= 0.3 is 0 Å². The normalized spacial score (nSPS) is 12.3. The second-order valence-electron chi connectivity index (χ2n) is 5.47. The van der Waals surface area contributed by atoms with E-state index >= 15 is 0 Å². The fourth-order valence-electron chi connectivity index (χ4n) is 2.26. The largest absolute Gasteiger partial charge is 0.351 e. The molecule has 0 aliphatic rings. The Morgan fingerprint density at radius 3 is 2.92 bits per heavy atom. The summed E-state index contributed by atoms with van der Waals surface area (Å²) in [6.07, 6.45) is 0. The predicted octanol–water partition coefficient (Wildman–Crippen LogP) is 3.45. The molecule has 1 unspecified atom stereocenters. The van der Waals surface area contributed by atoms with Crippen LogP contribution in [0, 0.1) is 0 Å². The maximum atomic E-state index is 12.4. The van der Waals surface area contributed by atoms with Crippen molar-refractivity contribution in [2.24, 2.45) is 7.05 Å². The SMILES string of the molecule is CC(Sc1nc2sccc2c(=O)n1C)C(=O)NCc1ccccc1Cl. The van der Waals surface area contributed by atoms with Crippen LogP contribution in [0.5, 0.6) is 0 Å². The lowest BCUT2D eigenvalue weighted by Crippen LogP contribution is -2.31. The van der Waals surface area contributed by atoms with E-state index < -0.39 is 5.25 Å². The molecule has 3 aromatic rings. The molecule has 8 heteroatoms. The average molecular weight is 394 g/mol. The van der Waals surface area contributed by atoms with Crippen LogP contribution in [0.3, 0.4) is 0 Å². The fraction of sp³-hybridized carbons (Fsp3) is 0.235. The van der Waals surface area contributed by atoms with Crippen LogP contribution in [0.25, 0.3) is 10.2 Å². The van der Waals surface area contributed by atoms with E-state index in [-0.39, 0.29) is 11.5 Å². The summed E-state index contributed by atoms with van der Waals surface area (Å²) in [5.74, 6) is -0.134. The lowest BCUT2D eigenvalue weighted by atomic mass is 10.2. The van der Waals surface area contributed by atoms with Gasteiger partial charge in [-0.15, -0.1) is 11.3 Å². The van der Waals surface area contributed by atoms with Crippen molar-refractivity contribution < 1.29 is 4.79 Å². The summed E-state index contributed by atoms with van der Waals surface area (Å²) < 4.78 is 1.48. The molecule has 2 heterocycles. The molecule has 0 fully saturated rings. The van der Waals surface area contributed by atoms with Crippen LogP contribution in [0.4, 0.5) is 0 Å². The minimum atomic E-state index is -0.391. The van der Waals surface area contributed by atoms with Crippen LogP contribution in [0.1, 0.15) is 12.5 Å². The van der Waals surface area contributed by atoms with Gasteiger partial charge in [-0.1, -0.05) is 41.6 Å². The number of fused-ring (bicyclic) bond motifs is 1. The van der Waals surface area contributed by atoms with Crippen molar-refractivity contribution >= 4 is 50.8 Å². The molecule has 1 aromatic carbocycles. The molecule has 0 spiro atoms. The number of carbonyl (C=O) groups is 1. The molecule has 1 N–H and O–H groups in total. The number of nitrogens with zero attached hydrogens (tertiary/aromatic N) is 2. The number of nitrogens with one attached hydrogen (secondary N) is 1. The second kappa shape index (κ2) is 7.59. The summed E-state index contributed by atoms with van der Waals surface area (Å²) in [5, 5.41) is 6.07. The summed E-state index contributed by atoms with van der Waals surface area (Å²) in [4.78, 5) is 29.8. The van der Waals surface area contributed by atoms with Gasteiger partial charge in [0.1, 0.15) is 4.83 Å². The molecule has 0 saturated carbocycles. The molecule has 3 rings (SSSR count). The maximum absolute atomic E-state index is 12.4. The Balaban J connectivity index is 1.70. The lowest BCUT2D eigenvalue weighted by molar-refractivity contribution is -0.120. The Bertz CT molecular complexity index is 983. The summed E-state index contributed by atoms with van der Waals surface area (Å²) in [7, 11) is 1.67. The number of benzene rings is 1. The minimum absolute atomic E-state index is 0.0996. The summed E-state index contributed by atoms with van der Waals surface area (Å²) >= 11 is 8.78. The van der Waals surface area contributed by atoms with Gasteiger partial charge < -0.3 is 5.32 Å². The van der Waals surface area contributed by atoms with E-state index in [1.807, 2.05) is 23.6 Å². The van der Waals surface area contributed by atoms with E-state index in [9.17, 15) is 9.59 Å². The Labute approximate surface area is 158 Å². The minimum Gasteiger partial charge on any atom is -0.351 e. The van der Waals surface area contributed by atoms with Crippen LogP contribution >= 0.6 is 34.7 Å². The van der Waals surface area contributed by atoms with E-state index in [1.165, 1.54) is 27.7 Å². The van der Waals surface area contributed by atoms with Crippen molar-refractivity contribution in [1.29, 1.82) is 0 Å². The van der Waals surface area contributed by atoms with Gasteiger partial charge in [-0.3, -0.25) is 14.2 Å². The van der Waals surface area contributed by atoms with Crippen molar-refractivity contribution in [3.8, 4) is 0 Å². The number of carbonyl (C=O) groups excluding carboxylic acids is 1. The van der Waals surface area contributed by atoms with Crippen molar-refractivity contribution in [1.82, 2.24) is 14.9 Å². The zero-order chi connectivity index (χ0) is 18.0. The Hall–Kier alpha value is -1.83. The van der Waals surface area contributed by atoms with E-state index in [1.54, 1.807) is 26.1 Å². The van der Waals surface area contributed by atoms with Gasteiger partial charge in [0.05, 0.1) is 10.6 Å². The number of halogens is 1. The van der Waals surface area contributed by atoms with Gasteiger partial charge in [-0.05, 0) is 30.0 Å². The molecule has 0 aliphatic carbocycles. The third-order valence-corrected chi connectivity index (χ3v) is 6.05. The molecular formula is C17H16ClN3O2S2. The molecule has 5 nitrogen and oxygen atoms in total. The first-order valence-corrected chi connectivity index (χ1v) is 9.73. The van der Waals surface area contributed by atoms with Gasteiger partial charge in [0.2, 0.25) is 5.91 Å². The quantitative estimate of drug-likeness (QED) is 0.532. The monoisotopic (exact) mass is 393 g/mol. The number of amides is 1. The standard InChI is InChI=1S/C17H16ClN3O2S2/c1-10(14(22)19-9-11-5-3-4-6-13(11)18)25-17-20-15-12(7-8-24-15)16(23)21(17)2/h3-8,10H,9H2,1-2H3,(H,19,22). The molecule has 2 aromatic heterocycles. The van der Waals surface area contributed by atoms with Crippen LogP contribution in [0.15, 0.2) is 45.7 Å². The number of rotatable bonds is 5. The topological polar surface area (TPSA) is 64.0 Å². The van der Waals surface area contributed by atoms with Crippen molar-refractivity contribution in [2.75, 3.05) is 0 Å². The van der Waals surface area contributed by atoms with E-state index in [4.69, 9.17) is 11.6 Å². The van der Waals surface area contributed by atoms with Crippen molar-refractivity contribution in [3.63, 3.8) is 0 Å². The Kier molecular flexibility index (Phi) is 5.46. The zero-order valence-corrected chi connectivity index (χ0v) is 16.0. The average Bonchev–Trinajstić information content (AvgIpc) is 3.07. The highest BCUT2D eigenvalue weighted by molar-refractivity contribution is 8.00. The smallest absolute Gasteiger partial charge is 0.262 e. The van der Waals surface area contributed by atoms with Crippen LogP contribution in [-0.4, -0.2) is 20.7 Å². The molecular weight excluding hydrogens is 378 g/mol. The molecule has 0 saturated heterocycles. The highest BCUT2D eigenvalue weighted by Crippen LogP contribution is 2.24. The first-order chi connectivity index (χ1) is 12.0. The molecule has 1 atom stereocenters. The van der Waals surface area contributed by atoms with Crippen molar-refractivity contribution in [2.45, 2.75) is 23.9 Å². The number of hydrogen-bond donors (Lipinski definition) is 1. The molecule has 0 aliphatic heterocycles. The summed E-state index contributed by atoms with van der Waals surface area (Å²) in [6.45, 7) is 2.15. The Morgan fingerprint density at radius 1 is 1.40 bits per heavy atom. The van der Waals surface area contributed by atoms with Gasteiger partial charge in [-0.25, -0.2) is 4.98 Å². The van der Waals surface area contributed by atoms with E-state index in [0.717, 1.165) is 5.56 Å². The predicted molar refractivity (Wildman–Crippen MR) is 103 cm³/mol. The highest BCUT2D eigenvalue weighted by atomic mass is 35.5. The van der Waals surface area contributed by atoms with E-state index in [0.29, 0.717) is 26.9 Å². The van der Waals surface area contributed by atoms with Gasteiger partial charge in [0, 0.05) is 18.6 Å². The highest BCUT2D eigenvalue weighted by Gasteiger charge is 2.18. The molecule has 0 bridgehead atoms. The fourth-order valence-corrected chi connectivity index (χ4v) is 4.17. The first-order valence-electron chi connectivity index (χ1n) is 7.59. The maximum Gasteiger partial charge on any atom is 0.262 e. The number of thiophene rings is 1. The number of hydrogen-bond acceptors (Lipinski definition) is 5. The summed E-state index contributed by atoms with van der Waals surface area (Å²) in [6, 6.07) is 9.15. The van der Waals surface area contributed by atoms with Crippen LogP contribution in [0.2, 0.25) is 5.02 Å². The number of aromatic nitrogens is 2. The third-order valence-electron chi connectivity index (χ3n) is 3.73. The molecule has 25 heavy (non-hydrogen) atoms. The Morgan fingerprint density at radius 2 is 2.16 bits per heavy atom. The number of thioether (sulfide) groups is 1. The van der Waals surface area contributed by atoms with Gasteiger partial charge in [0.25, 0.3) is 5.56 Å². The summed E-state index contributed by atoms with van der Waals surface area (Å²) in [5.41, 5.74) is 0.762. The van der Waals surface area contributed by atoms with Crippen molar-refractivity contribution in [3.05, 3.63) is 56.7 Å². The second-order valence-corrected chi connectivity index (χ2v) is 8.08. The zero-order valence-electron chi connectivity index (χ0n) is 13.7. The molecule has 0 radical (unpaired) electrons.